The summed E-state index contributed by atoms with van der Waals surface area (Å²) in [7, 11) is 3.88. The van der Waals surface area contributed by atoms with E-state index in [0.717, 1.165) is 11.3 Å². The molecule has 0 radical (unpaired) electrons. The Morgan fingerprint density at radius 3 is 2.00 bits per heavy atom. The van der Waals surface area contributed by atoms with E-state index in [-0.39, 0.29) is 24.8 Å². The Labute approximate surface area is 217 Å². The van der Waals surface area contributed by atoms with Gasteiger partial charge in [-0.15, -0.1) is 0 Å². The molecule has 188 valence electrons. The van der Waals surface area contributed by atoms with Crippen molar-refractivity contribution in [2.45, 2.75) is 19.0 Å². The van der Waals surface area contributed by atoms with E-state index in [1.54, 1.807) is 18.2 Å². The van der Waals surface area contributed by atoms with Crippen LogP contribution in [-0.4, -0.2) is 30.8 Å². The van der Waals surface area contributed by atoms with Gasteiger partial charge in [-0.25, -0.2) is 4.39 Å². The summed E-state index contributed by atoms with van der Waals surface area (Å²) in [6, 6.07) is 31.3. The summed E-state index contributed by atoms with van der Waals surface area (Å²) in [6.45, 7) is -0.0507. The normalized spacial score (nSPS) is 11.4. The van der Waals surface area contributed by atoms with Gasteiger partial charge in [0.15, 0.2) is 0 Å². The molecule has 4 aromatic carbocycles. The molecule has 0 heterocycles. The highest BCUT2D eigenvalue weighted by Crippen LogP contribution is 2.27. The first-order chi connectivity index (χ1) is 17.9. The lowest BCUT2D eigenvalue weighted by atomic mass is 10.0. The summed E-state index contributed by atoms with van der Waals surface area (Å²) in [5.41, 5.74) is 3.41. The van der Waals surface area contributed by atoms with Crippen molar-refractivity contribution >= 4 is 23.2 Å². The number of rotatable bonds is 9. The second kappa shape index (κ2) is 12.0. The third kappa shape index (κ3) is 6.61. The highest BCUT2D eigenvalue weighted by Gasteiger charge is 2.32. The minimum atomic E-state index is -0.967. The van der Waals surface area contributed by atoms with E-state index in [1.165, 1.54) is 11.0 Å². The number of hydrogen-bond donors (Lipinski definition) is 1. The zero-order valence-corrected chi connectivity index (χ0v) is 21.0. The van der Waals surface area contributed by atoms with E-state index in [9.17, 15) is 14.0 Å². The highest BCUT2D eigenvalue weighted by molar-refractivity contribution is 5.98. The van der Waals surface area contributed by atoms with Crippen LogP contribution in [0.2, 0.25) is 0 Å². The van der Waals surface area contributed by atoms with E-state index in [1.807, 2.05) is 104 Å². The molecule has 0 aliphatic carbocycles. The number of benzene rings is 4. The number of carbonyl (C=O) groups is 2. The number of amides is 2. The fourth-order valence-corrected chi connectivity index (χ4v) is 4.17. The molecule has 0 spiro atoms. The molecule has 0 aliphatic rings. The molecule has 6 heteroatoms. The van der Waals surface area contributed by atoms with Gasteiger partial charge in [0, 0.05) is 37.6 Å². The maximum atomic E-state index is 14.7. The summed E-state index contributed by atoms with van der Waals surface area (Å²) < 4.78 is 14.7. The number of nitrogens with zero attached hydrogens (tertiary/aromatic N) is 2. The Balaban J connectivity index is 1.71. The molecule has 4 aromatic rings. The SMILES string of the molecule is CN(C)c1ccc(NC(=O)C(c2ccccc2)N(Cc2ccccc2F)C(=O)Cc2ccccc2)cc1. The molecule has 0 aromatic heterocycles. The number of anilines is 2. The predicted octanol–water partition coefficient (Wildman–Crippen LogP) is 5.84. The van der Waals surface area contributed by atoms with Gasteiger partial charge in [-0.05, 0) is 41.5 Å². The van der Waals surface area contributed by atoms with Crippen LogP contribution in [0.25, 0.3) is 0 Å². The Kier molecular flexibility index (Phi) is 8.31. The Hall–Kier alpha value is -4.45. The lowest BCUT2D eigenvalue weighted by Crippen LogP contribution is -2.41. The first-order valence-corrected chi connectivity index (χ1v) is 12.1. The fourth-order valence-electron chi connectivity index (χ4n) is 4.17. The molecule has 0 saturated heterocycles. The zero-order valence-electron chi connectivity index (χ0n) is 21.0. The second-order valence-electron chi connectivity index (χ2n) is 9.02. The number of hydrogen-bond acceptors (Lipinski definition) is 3. The van der Waals surface area contributed by atoms with Crippen LogP contribution in [0.5, 0.6) is 0 Å². The summed E-state index contributed by atoms with van der Waals surface area (Å²) >= 11 is 0. The monoisotopic (exact) mass is 495 g/mol. The van der Waals surface area contributed by atoms with Crippen molar-refractivity contribution in [2.24, 2.45) is 0 Å². The van der Waals surface area contributed by atoms with Crippen LogP contribution in [0, 0.1) is 5.82 Å². The second-order valence-corrected chi connectivity index (χ2v) is 9.02. The smallest absolute Gasteiger partial charge is 0.251 e. The maximum Gasteiger partial charge on any atom is 0.251 e. The van der Waals surface area contributed by atoms with Crippen molar-refractivity contribution < 1.29 is 14.0 Å². The van der Waals surface area contributed by atoms with Crippen LogP contribution in [0.15, 0.2) is 109 Å². The molecule has 4 rings (SSSR count). The minimum Gasteiger partial charge on any atom is -0.378 e. The lowest BCUT2D eigenvalue weighted by Gasteiger charge is -2.32. The number of carbonyl (C=O) groups excluding carboxylic acids is 2. The molecular weight excluding hydrogens is 465 g/mol. The van der Waals surface area contributed by atoms with Gasteiger partial charge in [-0.1, -0.05) is 78.9 Å². The highest BCUT2D eigenvalue weighted by atomic mass is 19.1. The molecule has 1 N–H and O–H groups in total. The third-order valence-corrected chi connectivity index (χ3v) is 6.14. The van der Waals surface area contributed by atoms with Crippen LogP contribution in [-0.2, 0) is 22.6 Å². The molecular formula is C31H30FN3O2. The van der Waals surface area contributed by atoms with Crippen LogP contribution >= 0.6 is 0 Å². The van der Waals surface area contributed by atoms with Gasteiger partial charge in [0.25, 0.3) is 5.91 Å². The van der Waals surface area contributed by atoms with E-state index < -0.39 is 11.9 Å². The van der Waals surface area contributed by atoms with Gasteiger partial charge in [-0.2, -0.15) is 0 Å². The summed E-state index contributed by atoms with van der Waals surface area (Å²) in [4.78, 5) is 31.0. The van der Waals surface area contributed by atoms with Crippen molar-refractivity contribution in [3.63, 3.8) is 0 Å². The minimum absolute atomic E-state index is 0.0507. The first kappa shape index (κ1) is 25.6. The standard InChI is InChI=1S/C31H30FN3O2/c1-34(2)27-19-17-26(18-20-27)33-31(37)30(24-13-7-4-8-14-24)35(22-25-15-9-10-16-28(25)32)29(36)21-23-11-5-3-6-12-23/h3-20,30H,21-22H2,1-2H3,(H,33,37). The van der Waals surface area contributed by atoms with Crippen LogP contribution < -0.4 is 10.2 Å². The molecule has 0 aliphatic heterocycles. The topological polar surface area (TPSA) is 52.7 Å². The average molecular weight is 496 g/mol. The first-order valence-electron chi connectivity index (χ1n) is 12.1. The van der Waals surface area contributed by atoms with Crippen molar-refractivity contribution in [2.75, 3.05) is 24.3 Å². The molecule has 0 saturated carbocycles. The van der Waals surface area contributed by atoms with Gasteiger partial charge in [-0.3, -0.25) is 9.59 Å². The Morgan fingerprint density at radius 1 is 0.784 bits per heavy atom. The Bertz CT molecular complexity index is 1330. The number of nitrogens with one attached hydrogen (secondary N) is 1. The lowest BCUT2D eigenvalue weighted by molar-refractivity contribution is -0.139. The molecule has 1 unspecified atom stereocenters. The summed E-state index contributed by atoms with van der Waals surface area (Å²) in [6.07, 6.45) is 0.0867. The predicted molar refractivity (Wildman–Crippen MR) is 146 cm³/mol. The zero-order chi connectivity index (χ0) is 26.2. The quantitative estimate of drug-likeness (QED) is 0.317. The average Bonchev–Trinajstić information content (AvgIpc) is 2.91. The third-order valence-electron chi connectivity index (χ3n) is 6.14. The molecule has 2 amide bonds. The Morgan fingerprint density at radius 2 is 1.38 bits per heavy atom. The van der Waals surface area contributed by atoms with Crippen LogP contribution in [0.3, 0.4) is 0 Å². The van der Waals surface area contributed by atoms with Crippen molar-refractivity contribution in [1.82, 2.24) is 4.90 Å². The molecule has 0 fully saturated rings. The van der Waals surface area contributed by atoms with Crippen LogP contribution in [0.1, 0.15) is 22.7 Å². The van der Waals surface area contributed by atoms with Crippen molar-refractivity contribution in [3.05, 3.63) is 132 Å². The van der Waals surface area contributed by atoms with E-state index in [0.29, 0.717) is 16.8 Å². The largest absolute Gasteiger partial charge is 0.378 e. The van der Waals surface area contributed by atoms with Gasteiger partial charge < -0.3 is 15.1 Å². The van der Waals surface area contributed by atoms with Crippen LogP contribution in [0.4, 0.5) is 15.8 Å². The van der Waals surface area contributed by atoms with Crippen molar-refractivity contribution in [3.8, 4) is 0 Å². The van der Waals surface area contributed by atoms with Gasteiger partial charge in [0.1, 0.15) is 11.9 Å². The molecule has 5 nitrogen and oxygen atoms in total. The fraction of sp³-hybridized carbons (Fsp3) is 0.161. The van der Waals surface area contributed by atoms with Gasteiger partial charge in [0.2, 0.25) is 5.91 Å². The summed E-state index contributed by atoms with van der Waals surface area (Å²) in [5, 5.41) is 2.96. The molecule has 37 heavy (non-hydrogen) atoms. The molecule has 0 bridgehead atoms. The van der Waals surface area contributed by atoms with E-state index >= 15 is 0 Å². The molecule has 1 atom stereocenters. The number of halogens is 1. The van der Waals surface area contributed by atoms with Gasteiger partial charge >= 0.3 is 0 Å². The van der Waals surface area contributed by atoms with Gasteiger partial charge in [0.05, 0.1) is 6.42 Å². The van der Waals surface area contributed by atoms with E-state index in [2.05, 4.69) is 5.32 Å². The summed E-state index contributed by atoms with van der Waals surface area (Å²) in [5.74, 6) is -1.07. The van der Waals surface area contributed by atoms with Crippen molar-refractivity contribution in [1.29, 1.82) is 0 Å². The maximum absolute atomic E-state index is 14.7. The van der Waals surface area contributed by atoms with E-state index in [4.69, 9.17) is 0 Å².